The van der Waals surface area contributed by atoms with E-state index in [0.29, 0.717) is 17.9 Å². The lowest BCUT2D eigenvalue weighted by Gasteiger charge is -2.36. The van der Waals surface area contributed by atoms with Crippen molar-refractivity contribution >= 4 is 5.82 Å². The molecule has 0 radical (unpaired) electrons. The van der Waals surface area contributed by atoms with E-state index in [1.165, 1.54) is 12.8 Å². The number of anilines is 1. The van der Waals surface area contributed by atoms with Gasteiger partial charge in [-0.2, -0.15) is 0 Å². The second-order valence-electron chi connectivity index (χ2n) is 5.04. The Morgan fingerprint density at radius 1 is 1.31 bits per heavy atom. The number of nitrogens with two attached hydrogens (primary N) is 1. The Balaban J connectivity index is 1.83. The molecule has 4 nitrogen and oxygen atoms in total. The first-order valence-corrected chi connectivity index (χ1v) is 6.04. The summed E-state index contributed by atoms with van der Waals surface area (Å²) in [7, 11) is 0. The highest BCUT2D eigenvalue weighted by Gasteiger charge is 2.40. The highest BCUT2D eigenvalue weighted by atomic mass is 15.2. The summed E-state index contributed by atoms with van der Waals surface area (Å²) < 4.78 is 0. The van der Waals surface area contributed by atoms with Gasteiger partial charge >= 0.3 is 0 Å². The number of aryl methyl sites for hydroxylation is 1. The average Bonchev–Trinajstić information content (AvgIpc) is 2.53. The zero-order valence-corrected chi connectivity index (χ0v) is 9.63. The van der Waals surface area contributed by atoms with Crippen LogP contribution >= 0.6 is 0 Å². The second-order valence-corrected chi connectivity index (χ2v) is 5.04. The lowest BCUT2D eigenvalue weighted by atomic mass is 9.93. The van der Waals surface area contributed by atoms with Gasteiger partial charge in [0.25, 0.3) is 0 Å². The van der Waals surface area contributed by atoms with Gasteiger partial charge in [-0.25, -0.2) is 9.97 Å². The first kappa shape index (κ1) is 10.0. The van der Waals surface area contributed by atoms with Crippen molar-refractivity contribution in [1.29, 1.82) is 0 Å². The zero-order chi connectivity index (χ0) is 11.1. The SMILES string of the molecule is Cc1nccc(N2CC3CCC(C2)C3N)n1. The Bertz CT molecular complexity index is 378. The van der Waals surface area contributed by atoms with Crippen LogP contribution in [-0.4, -0.2) is 29.1 Å². The van der Waals surface area contributed by atoms with Gasteiger partial charge in [0.2, 0.25) is 0 Å². The number of fused-ring (bicyclic) bond motifs is 2. The van der Waals surface area contributed by atoms with Crippen molar-refractivity contribution in [3.8, 4) is 0 Å². The Labute approximate surface area is 95.9 Å². The van der Waals surface area contributed by atoms with E-state index in [0.717, 1.165) is 24.7 Å². The molecule has 1 aromatic rings. The van der Waals surface area contributed by atoms with Gasteiger partial charge in [0, 0.05) is 25.3 Å². The van der Waals surface area contributed by atoms with Crippen molar-refractivity contribution in [3.05, 3.63) is 18.1 Å². The summed E-state index contributed by atoms with van der Waals surface area (Å²) in [6, 6.07) is 2.42. The lowest BCUT2D eigenvalue weighted by Crippen LogP contribution is -2.49. The number of nitrogens with zero attached hydrogens (tertiary/aromatic N) is 3. The van der Waals surface area contributed by atoms with E-state index in [2.05, 4.69) is 14.9 Å². The third-order valence-corrected chi connectivity index (χ3v) is 3.99. The monoisotopic (exact) mass is 218 g/mol. The molecule has 1 aliphatic heterocycles. The predicted molar refractivity (Wildman–Crippen MR) is 63.2 cm³/mol. The Hall–Kier alpha value is -1.16. The maximum Gasteiger partial charge on any atom is 0.132 e. The average molecular weight is 218 g/mol. The van der Waals surface area contributed by atoms with Crippen molar-refractivity contribution in [1.82, 2.24) is 9.97 Å². The molecule has 0 spiro atoms. The highest BCUT2D eigenvalue weighted by Crippen LogP contribution is 2.36. The largest absolute Gasteiger partial charge is 0.356 e. The van der Waals surface area contributed by atoms with Gasteiger partial charge in [-0.1, -0.05) is 0 Å². The summed E-state index contributed by atoms with van der Waals surface area (Å²) in [6.07, 6.45) is 4.41. The van der Waals surface area contributed by atoms with Crippen LogP contribution in [0.2, 0.25) is 0 Å². The fourth-order valence-corrected chi connectivity index (χ4v) is 3.07. The normalized spacial score (nSPS) is 33.1. The van der Waals surface area contributed by atoms with Crippen molar-refractivity contribution in [2.45, 2.75) is 25.8 Å². The van der Waals surface area contributed by atoms with Crippen LogP contribution in [0.4, 0.5) is 5.82 Å². The summed E-state index contributed by atoms with van der Waals surface area (Å²) in [4.78, 5) is 11.0. The van der Waals surface area contributed by atoms with Gasteiger partial charge in [0.1, 0.15) is 11.6 Å². The van der Waals surface area contributed by atoms with E-state index in [9.17, 15) is 0 Å². The molecule has 1 aromatic heterocycles. The number of hydrogen-bond acceptors (Lipinski definition) is 4. The third-order valence-electron chi connectivity index (χ3n) is 3.99. The van der Waals surface area contributed by atoms with Crippen LogP contribution in [0.1, 0.15) is 18.7 Å². The molecule has 2 unspecified atom stereocenters. The molecule has 0 amide bonds. The number of piperidine rings is 1. The highest BCUT2D eigenvalue weighted by molar-refractivity contribution is 5.39. The second kappa shape index (κ2) is 3.70. The molecule has 0 aromatic carbocycles. The maximum atomic E-state index is 6.20. The van der Waals surface area contributed by atoms with E-state index in [1.54, 1.807) is 0 Å². The minimum atomic E-state index is 0.416. The van der Waals surface area contributed by atoms with Crippen molar-refractivity contribution < 1.29 is 0 Å². The molecular weight excluding hydrogens is 200 g/mol. The maximum absolute atomic E-state index is 6.20. The molecule has 1 saturated heterocycles. The van der Waals surface area contributed by atoms with E-state index in [4.69, 9.17) is 5.73 Å². The van der Waals surface area contributed by atoms with Crippen LogP contribution in [0.3, 0.4) is 0 Å². The Kier molecular flexibility index (Phi) is 2.32. The van der Waals surface area contributed by atoms with Crippen molar-refractivity contribution in [2.75, 3.05) is 18.0 Å². The molecule has 1 saturated carbocycles. The molecule has 86 valence electrons. The topological polar surface area (TPSA) is 55.0 Å². The quantitative estimate of drug-likeness (QED) is 0.762. The predicted octanol–water partition coefficient (Wildman–Crippen LogP) is 0.959. The smallest absolute Gasteiger partial charge is 0.132 e. The number of rotatable bonds is 1. The van der Waals surface area contributed by atoms with Gasteiger partial charge in [-0.05, 0) is 37.7 Å². The van der Waals surface area contributed by atoms with Crippen molar-refractivity contribution in [2.24, 2.45) is 17.6 Å². The van der Waals surface area contributed by atoms with E-state index in [1.807, 2.05) is 19.2 Å². The molecule has 2 fully saturated rings. The Morgan fingerprint density at radius 2 is 2.00 bits per heavy atom. The first-order valence-electron chi connectivity index (χ1n) is 6.04. The van der Waals surface area contributed by atoms with Crippen LogP contribution in [-0.2, 0) is 0 Å². The van der Waals surface area contributed by atoms with Gasteiger partial charge in [0.15, 0.2) is 0 Å². The molecule has 2 aliphatic rings. The molecule has 1 aliphatic carbocycles. The first-order chi connectivity index (χ1) is 7.74. The molecule has 2 N–H and O–H groups in total. The minimum absolute atomic E-state index is 0.416. The van der Waals surface area contributed by atoms with Crippen LogP contribution in [0.25, 0.3) is 0 Å². The molecular formula is C12H18N4. The van der Waals surface area contributed by atoms with Crippen LogP contribution < -0.4 is 10.6 Å². The zero-order valence-electron chi connectivity index (χ0n) is 9.63. The van der Waals surface area contributed by atoms with E-state index >= 15 is 0 Å². The number of hydrogen-bond donors (Lipinski definition) is 1. The summed E-state index contributed by atoms with van der Waals surface area (Å²) in [5.74, 6) is 3.24. The molecule has 2 heterocycles. The molecule has 16 heavy (non-hydrogen) atoms. The molecule has 2 bridgehead atoms. The standard InChI is InChI=1S/C12H18N4/c1-8-14-5-4-11(15-8)16-6-9-2-3-10(7-16)12(9)13/h4-5,9-10,12H,2-3,6-7,13H2,1H3. The van der Waals surface area contributed by atoms with Crippen LogP contribution in [0.5, 0.6) is 0 Å². The summed E-state index contributed by atoms with van der Waals surface area (Å²) >= 11 is 0. The van der Waals surface area contributed by atoms with Crippen LogP contribution in [0.15, 0.2) is 12.3 Å². The number of aromatic nitrogens is 2. The molecule has 4 heteroatoms. The lowest BCUT2D eigenvalue weighted by molar-refractivity contribution is 0.355. The fourth-order valence-electron chi connectivity index (χ4n) is 3.07. The molecule has 2 atom stereocenters. The van der Waals surface area contributed by atoms with E-state index < -0.39 is 0 Å². The molecule has 3 rings (SSSR count). The Morgan fingerprint density at radius 3 is 2.62 bits per heavy atom. The minimum Gasteiger partial charge on any atom is -0.356 e. The van der Waals surface area contributed by atoms with E-state index in [-0.39, 0.29) is 0 Å². The summed E-state index contributed by atoms with van der Waals surface area (Å²) in [6.45, 7) is 4.07. The van der Waals surface area contributed by atoms with Crippen LogP contribution in [0, 0.1) is 18.8 Å². The fraction of sp³-hybridized carbons (Fsp3) is 0.667. The van der Waals surface area contributed by atoms with Gasteiger partial charge in [-0.3, -0.25) is 0 Å². The third kappa shape index (κ3) is 1.57. The summed E-state index contributed by atoms with van der Waals surface area (Å²) in [5, 5.41) is 0. The van der Waals surface area contributed by atoms with Gasteiger partial charge < -0.3 is 10.6 Å². The van der Waals surface area contributed by atoms with Gasteiger partial charge in [0.05, 0.1) is 0 Å². The van der Waals surface area contributed by atoms with Gasteiger partial charge in [-0.15, -0.1) is 0 Å². The summed E-state index contributed by atoms with van der Waals surface area (Å²) in [5.41, 5.74) is 6.20. The van der Waals surface area contributed by atoms with Crippen molar-refractivity contribution in [3.63, 3.8) is 0 Å².